The Bertz CT molecular complexity index is 2940. The summed E-state index contributed by atoms with van der Waals surface area (Å²) in [5, 5.41) is 1.94. The first-order chi connectivity index (χ1) is 26.1. The number of hydrogen-bond donors (Lipinski definition) is 0. The standard InChI is InChI=1S/C44H28O/c1-3-14-29(15-4-1)31-18-13-19-32(28-31)41-34-20-7-9-22-36(34)42(37-23-10-8-21-35(37)41)44-33(30-16-5-2-6-17-30)26-27-40-43(44)38-24-11-12-25-39(38)45-40/h1-28H/i1D,7D,8D,9D,10D,20D,21D,22D,23D. The number of rotatable bonds is 4. The van der Waals surface area contributed by atoms with Gasteiger partial charge in [0.1, 0.15) is 11.2 Å². The molecule has 0 saturated heterocycles. The van der Waals surface area contributed by atoms with Crippen LogP contribution in [0.1, 0.15) is 12.3 Å². The molecule has 1 aromatic heterocycles. The number of furan rings is 1. The minimum Gasteiger partial charge on any atom is -0.456 e. The van der Waals surface area contributed by atoms with Crippen molar-refractivity contribution in [1.82, 2.24) is 0 Å². The molecule has 0 N–H and O–H groups in total. The van der Waals surface area contributed by atoms with Crippen LogP contribution in [0.15, 0.2) is 174 Å². The Balaban J connectivity index is 1.59. The second-order valence-corrected chi connectivity index (χ2v) is 10.9. The molecule has 0 aliphatic rings. The van der Waals surface area contributed by atoms with Crippen molar-refractivity contribution in [3.63, 3.8) is 0 Å². The molecular weight excluding hydrogens is 544 g/mol. The van der Waals surface area contributed by atoms with Gasteiger partial charge in [0.15, 0.2) is 0 Å². The van der Waals surface area contributed by atoms with Gasteiger partial charge in [-0.25, -0.2) is 0 Å². The minimum absolute atomic E-state index is 0.132. The normalized spacial score (nSPS) is 14.4. The Kier molecular flexibility index (Phi) is 4.15. The van der Waals surface area contributed by atoms with Crippen LogP contribution in [-0.4, -0.2) is 0 Å². The minimum atomic E-state index is -0.463. The SMILES string of the molecule is [2H]c1ccc(-c2cccc(-c3c4c([2H])c([2H])c([2H])c([2H])c4c(-c4c(-c5ccccc5)ccc5oc6ccccc6c45)c4c([2H])c([2H])c([2H])c([2H])c34)c2)cc1. The monoisotopic (exact) mass is 581 g/mol. The van der Waals surface area contributed by atoms with Crippen molar-refractivity contribution in [3.8, 4) is 44.5 Å². The van der Waals surface area contributed by atoms with E-state index >= 15 is 0 Å². The van der Waals surface area contributed by atoms with Gasteiger partial charge in [0, 0.05) is 16.3 Å². The summed E-state index contributed by atoms with van der Waals surface area (Å²) in [5.74, 6) is 0. The van der Waals surface area contributed by atoms with E-state index in [0.717, 1.165) is 22.1 Å². The molecule has 0 spiro atoms. The lowest BCUT2D eigenvalue weighted by Crippen LogP contribution is -1.94. The highest BCUT2D eigenvalue weighted by atomic mass is 16.3. The second kappa shape index (κ2) is 10.4. The van der Waals surface area contributed by atoms with Crippen molar-refractivity contribution >= 4 is 43.5 Å². The molecule has 0 atom stereocenters. The van der Waals surface area contributed by atoms with E-state index in [1.165, 1.54) is 0 Å². The van der Waals surface area contributed by atoms with Gasteiger partial charge < -0.3 is 4.42 Å². The maximum atomic E-state index is 9.55. The summed E-state index contributed by atoms with van der Waals surface area (Å²) < 4.78 is 88.1. The van der Waals surface area contributed by atoms with Gasteiger partial charge in [0.2, 0.25) is 0 Å². The van der Waals surface area contributed by atoms with Gasteiger partial charge in [0.25, 0.3) is 0 Å². The van der Waals surface area contributed by atoms with Crippen LogP contribution >= 0.6 is 0 Å². The number of fused-ring (bicyclic) bond motifs is 5. The molecule has 0 aliphatic carbocycles. The van der Waals surface area contributed by atoms with Crippen molar-refractivity contribution in [2.75, 3.05) is 0 Å². The van der Waals surface area contributed by atoms with Crippen molar-refractivity contribution in [1.29, 1.82) is 0 Å². The predicted molar refractivity (Wildman–Crippen MR) is 190 cm³/mol. The fourth-order valence-electron chi connectivity index (χ4n) is 6.53. The molecule has 0 bridgehead atoms. The van der Waals surface area contributed by atoms with E-state index in [4.69, 9.17) is 11.3 Å². The van der Waals surface area contributed by atoms with Crippen LogP contribution in [0.3, 0.4) is 0 Å². The van der Waals surface area contributed by atoms with Crippen LogP contribution < -0.4 is 0 Å². The third-order valence-corrected chi connectivity index (χ3v) is 8.46. The Labute approximate surface area is 274 Å². The van der Waals surface area contributed by atoms with E-state index in [9.17, 15) is 5.48 Å². The van der Waals surface area contributed by atoms with Crippen molar-refractivity contribution in [2.45, 2.75) is 0 Å². The summed E-state index contributed by atoms with van der Waals surface area (Å²) in [5.41, 5.74) is 5.77. The van der Waals surface area contributed by atoms with E-state index in [0.29, 0.717) is 39.3 Å². The molecule has 8 aromatic carbocycles. The number of benzene rings is 8. The molecule has 0 saturated carbocycles. The zero-order valence-corrected chi connectivity index (χ0v) is 23.9. The molecule has 1 nitrogen and oxygen atoms in total. The second-order valence-electron chi connectivity index (χ2n) is 10.9. The van der Waals surface area contributed by atoms with Crippen molar-refractivity contribution in [2.24, 2.45) is 0 Å². The van der Waals surface area contributed by atoms with Gasteiger partial charge in [-0.15, -0.1) is 0 Å². The van der Waals surface area contributed by atoms with Crippen LogP contribution in [0.5, 0.6) is 0 Å². The molecule has 0 aliphatic heterocycles. The fraction of sp³-hybridized carbons (Fsp3) is 0. The van der Waals surface area contributed by atoms with Gasteiger partial charge in [0.05, 0.1) is 12.3 Å². The Morgan fingerprint density at radius 1 is 0.378 bits per heavy atom. The first-order valence-corrected chi connectivity index (χ1v) is 14.7. The maximum absolute atomic E-state index is 9.55. The molecule has 0 radical (unpaired) electrons. The molecule has 210 valence electrons. The highest BCUT2D eigenvalue weighted by Crippen LogP contribution is 2.50. The largest absolute Gasteiger partial charge is 0.456 e. The molecule has 45 heavy (non-hydrogen) atoms. The van der Waals surface area contributed by atoms with Crippen LogP contribution in [0.25, 0.3) is 88.0 Å². The average molecular weight is 582 g/mol. The van der Waals surface area contributed by atoms with Crippen LogP contribution in [0.4, 0.5) is 0 Å². The van der Waals surface area contributed by atoms with E-state index in [-0.39, 0.29) is 56.8 Å². The lowest BCUT2D eigenvalue weighted by atomic mass is 9.82. The van der Waals surface area contributed by atoms with E-state index in [2.05, 4.69) is 0 Å². The maximum Gasteiger partial charge on any atom is 0.136 e. The van der Waals surface area contributed by atoms with E-state index < -0.39 is 24.2 Å². The molecule has 9 aromatic rings. The van der Waals surface area contributed by atoms with Gasteiger partial charge in [-0.3, -0.25) is 0 Å². The lowest BCUT2D eigenvalue weighted by Gasteiger charge is -2.20. The highest BCUT2D eigenvalue weighted by molar-refractivity contribution is 6.27. The van der Waals surface area contributed by atoms with Gasteiger partial charge >= 0.3 is 0 Å². The molecular formula is C44H28O. The van der Waals surface area contributed by atoms with E-state index in [1.54, 1.807) is 18.2 Å². The van der Waals surface area contributed by atoms with Crippen molar-refractivity contribution < 1.29 is 16.8 Å². The van der Waals surface area contributed by atoms with Crippen LogP contribution in [-0.2, 0) is 0 Å². The lowest BCUT2D eigenvalue weighted by molar-refractivity contribution is 0.669. The molecule has 0 amide bonds. The van der Waals surface area contributed by atoms with Gasteiger partial charge in [-0.2, -0.15) is 0 Å². The summed E-state index contributed by atoms with van der Waals surface area (Å²) in [6, 6.07) is 32.4. The summed E-state index contributed by atoms with van der Waals surface area (Å²) in [6.07, 6.45) is 0. The first-order valence-electron chi connectivity index (χ1n) is 19.2. The summed E-state index contributed by atoms with van der Waals surface area (Å²) in [7, 11) is 0. The summed E-state index contributed by atoms with van der Waals surface area (Å²) in [6.45, 7) is 0. The highest BCUT2D eigenvalue weighted by Gasteiger charge is 2.23. The predicted octanol–water partition coefficient (Wildman–Crippen LogP) is 12.6. The molecule has 1 heteroatoms. The topological polar surface area (TPSA) is 13.1 Å². The van der Waals surface area contributed by atoms with Gasteiger partial charge in [-0.05, 0) is 78.7 Å². The Morgan fingerprint density at radius 2 is 0.978 bits per heavy atom. The quantitative estimate of drug-likeness (QED) is 0.188. The summed E-state index contributed by atoms with van der Waals surface area (Å²) >= 11 is 0. The Hall–Kier alpha value is -5.92. The van der Waals surface area contributed by atoms with Crippen LogP contribution in [0, 0.1) is 0 Å². The zero-order chi connectivity index (χ0) is 37.6. The molecule has 0 fully saturated rings. The summed E-state index contributed by atoms with van der Waals surface area (Å²) in [4.78, 5) is 0. The molecule has 0 unspecified atom stereocenters. The zero-order valence-electron chi connectivity index (χ0n) is 32.9. The Morgan fingerprint density at radius 3 is 1.71 bits per heavy atom. The fourth-order valence-corrected chi connectivity index (χ4v) is 6.53. The first kappa shape index (κ1) is 18.0. The number of hydrogen-bond acceptors (Lipinski definition) is 1. The van der Waals surface area contributed by atoms with Crippen LogP contribution in [0.2, 0.25) is 0 Å². The van der Waals surface area contributed by atoms with E-state index in [1.807, 2.05) is 97.1 Å². The smallest absolute Gasteiger partial charge is 0.136 e. The van der Waals surface area contributed by atoms with Gasteiger partial charge in [-0.1, -0.05) is 151 Å². The number of para-hydroxylation sites is 1. The van der Waals surface area contributed by atoms with Crippen molar-refractivity contribution in [3.05, 3.63) is 170 Å². The molecule has 1 heterocycles. The third-order valence-electron chi connectivity index (χ3n) is 8.46. The third kappa shape index (κ3) is 4.09. The average Bonchev–Trinajstić information content (AvgIpc) is 3.58. The molecule has 9 rings (SSSR count).